The molecule has 29 heavy (non-hydrogen) atoms. The summed E-state index contributed by atoms with van der Waals surface area (Å²) in [5.74, 6) is -1.21. The lowest BCUT2D eigenvalue weighted by Crippen LogP contribution is -2.23. The van der Waals surface area contributed by atoms with E-state index in [0.717, 1.165) is 0 Å². The highest BCUT2D eigenvalue weighted by atomic mass is 19.1. The van der Waals surface area contributed by atoms with E-state index in [2.05, 4.69) is 15.6 Å². The summed E-state index contributed by atoms with van der Waals surface area (Å²) in [6.45, 7) is 2.07. The van der Waals surface area contributed by atoms with Crippen LogP contribution in [0.5, 0.6) is 0 Å². The highest BCUT2D eigenvalue weighted by molar-refractivity contribution is 5.97. The first-order valence-electron chi connectivity index (χ1n) is 9.08. The van der Waals surface area contributed by atoms with Gasteiger partial charge in [-0.25, -0.2) is 9.18 Å². The number of nitrogens with one attached hydrogen (secondary N) is 2. The Bertz CT molecular complexity index is 1020. The van der Waals surface area contributed by atoms with Gasteiger partial charge in [-0.15, -0.1) is 0 Å². The summed E-state index contributed by atoms with van der Waals surface area (Å²) in [5, 5.41) is 5.76. The Kier molecular flexibility index (Phi) is 6.52. The molecule has 148 valence electrons. The molecule has 7 heteroatoms. The Morgan fingerprint density at radius 3 is 2.62 bits per heavy atom. The van der Waals surface area contributed by atoms with Gasteiger partial charge in [0.2, 0.25) is 0 Å². The lowest BCUT2D eigenvalue weighted by molar-refractivity contribution is 0.0527. The van der Waals surface area contributed by atoms with E-state index in [1.165, 1.54) is 18.5 Å². The molecule has 0 spiro atoms. The van der Waals surface area contributed by atoms with Crippen molar-refractivity contribution in [3.05, 3.63) is 89.5 Å². The molecular weight excluding hydrogens is 373 g/mol. The number of hydrogen-bond donors (Lipinski definition) is 2. The minimum Gasteiger partial charge on any atom is -0.462 e. The molecule has 0 radical (unpaired) electrons. The molecule has 0 aliphatic rings. The van der Waals surface area contributed by atoms with Gasteiger partial charge in [-0.05, 0) is 31.2 Å². The molecule has 0 aliphatic carbocycles. The molecule has 0 atom stereocenters. The van der Waals surface area contributed by atoms with Gasteiger partial charge in [-0.2, -0.15) is 0 Å². The number of esters is 1. The second-order valence-electron chi connectivity index (χ2n) is 6.13. The van der Waals surface area contributed by atoms with Gasteiger partial charge in [-0.1, -0.05) is 30.3 Å². The summed E-state index contributed by atoms with van der Waals surface area (Å²) >= 11 is 0. The Morgan fingerprint density at radius 1 is 1.07 bits per heavy atom. The topological polar surface area (TPSA) is 80.3 Å². The van der Waals surface area contributed by atoms with Gasteiger partial charge in [0.25, 0.3) is 5.91 Å². The maximum absolute atomic E-state index is 13.7. The first-order valence-corrected chi connectivity index (χ1v) is 9.08. The molecular formula is C22H20FN3O3. The molecule has 2 N–H and O–H groups in total. The van der Waals surface area contributed by atoms with Crippen LogP contribution in [0.25, 0.3) is 0 Å². The van der Waals surface area contributed by atoms with Crippen molar-refractivity contribution >= 4 is 23.3 Å². The van der Waals surface area contributed by atoms with E-state index in [4.69, 9.17) is 4.74 Å². The van der Waals surface area contributed by atoms with Crippen LogP contribution in [0.2, 0.25) is 0 Å². The lowest BCUT2D eigenvalue weighted by Gasteiger charge is -2.12. The molecule has 6 nitrogen and oxygen atoms in total. The van der Waals surface area contributed by atoms with E-state index in [0.29, 0.717) is 28.1 Å². The Morgan fingerprint density at radius 2 is 1.83 bits per heavy atom. The number of amides is 1. The fraction of sp³-hybridized carbons (Fsp3) is 0.136. The quantitative estimate of drug-likeness (QED) is 0.592. The van der Waals surface area contributed by atoms with E-state index in [1.807, 2.05) is 0 Å². The van der Waals surface area contributed by atoms with Gasteiger partial charge in [0.15, 0.2) is 0 Å². The Hall–Kier alpha value is -3.74. The van der Waals surface area contributed by atoms with E-state index < -0.39 is 5.97 Å². The largest absolute Gasteiger partial charge is 0.462 e. The van der Waals surface area contributed by atoms with Gasteiger partial charge in [0, 0.05) is 18.3 Å². The summed E-state index contributed by atoms with van der Waals surface area (Å²) in [6.07, 6.45) is 2.95. The average molecular weight is 393 g/mol. The zero-order valence-corrected chi connectivity index (χ0v) is 15.8. The minimum atomic E-state index is -0.442. The van der Waals surface area contributed by atoms with E-state index in [-0.39, 0.29) is 24.9 Å². The van der Waals surface area contributed by atoms with Crippen LogP contribution in [-0.4, -0.2) is 23.5 Å². The van der Waals surface area contributed by atoms with Gasteiger partial charge in [-0.3, -0.25) is 9.78 Å². The van der Waals surface area contributed by atoms with Crippen molar-refractivity contribution in [2.24, 2.45) is 0 Å². The number of carbonyl (C=O) groups is 2. The number of pyridine rings is 1. The Labute approximate surface area is 167 Å². The van der Waals surface area contributed by atoms with Crippen molar-refractivity contribution < 1.29 is 18.7 Å². The fourth-order valence-corrected chi connectivity index (χ4v) is 2.69. The maximum atomic E-state index is 13.7. The number of aromatic nitrogens is 1. The van der Waals surface area contributed by atoms with E-state index in [9.17, 15) is 14.0 Å². The third-order valence-electron chi connectivity index (χ3n) is 4.10. The number of anilines is 2. The number of rotatable bonds is 7. The van der Waals surface area contributed by atoms with Crippen LogP contribution in [-0.2, 0) is 11.3 Å². The summed E-state index contributed by atoms with van der Waals surface area (Å²) in [6, 6.07) is 14.8. The molecule has 0 saturated carbocycles. The first kappa shape index (κ1) is 20.0. The minimum absolute atomic E-state index is 0.0643. The summed E-state index contributed by atoms with van der Waals surface area (Å²) < 4.78 is 18.8. The SMILES string of the molecule is CCOC(=O)c1ccccc1Nc1cncc(C(=O)NCc2ccccc2F)c1. The van der Waals surface area contributed by atoms with Crippen LogP contribution in [0.1, 0.15) is 33.2 Å². The molecule has 0 aliphatic heterocycles. The van der Waals surface area contributed by atoms with Crippen LogP contribution < -0.4 is 10.6 Å². The number of para-hydroxylation sites is 1. The van der Waals surface area contributed by atoms with E-state index in [1.54, 1.807) is 55.5 Å². The molecule has 0 bridgehead atoms. The smallest absolute Gasteiger partial charge is 0.340 e. The molecule has 3 aromatic rings. The summed E-state index contributed by atoms with van der Waals surface area (Å²) in [5.41, 5.74) is 2.15. The molecule has 1 heterocycles. The van der Waals surface area contributed by atoms with Crippen LogP contribution in [0, 0.1) is 5.82 Å². The molecule has 2 aromatic carbocycles. The highest BCUT2D eigenvalue weighted by Gasteiger charge is 2.13. The predicted molar refractivity (Wildman–Crippen MR) is 107 cm³/mol. The molecule has 0 unspecified atom stereocenters. The van der Waals surface area contributed by atoms with Gasteiger partial charge in [0.05, 0.1) is 35.3 Å². The lowest BCUT2D eigenvalue weighted by atomic mass is 10.1. The number of hydrogen-bond acceptors (Lipinski definition) is 5. The molecule has 3 rings (SSSR count). The molecule has 0 saturated heterocycles. The molecule has 1 amide bonds. The zero-order chi connectivity index (χ0) is 20.6. The second kappa shape index (κ2) is 9.45. The van der Waals surface area contributed by atoms with Crippen molar-refractivity contribution in [2.45, 2.75) is 13.5 Å². The number of halogens is 1. The molecule has 0 fully saturated rings. The van der Waals surface area contributed by atoms with Crippen molar-refractivity contribution in [2.75, 3.05) is 11.9 Å². The van der Waals surface area contributed by atoms with Crippen molar-refractivity contribution in [3.63, 3.8) is 0 Å². The van der Waals surface area contributed by atoms with Crippen molar-refractivity contribution in [1.29, 1.82) is 0 Å². The Balaban J connectivity index is 1.72. The monoisotopic (exact) mass is 393 g/mol. The van der Waals surface area contributed by atoms with Gasteiger partial charge >= 0.3 is 5.97 Å². The summed E-state index contributed by atoms with van der Waals surface area (Å²) in [7, 11) is 0. The fourth-order valence-electron chi connectivity index (χ4n) is 2.69. The standard InChI is InChI=1S/C22H20FN3O3/c1-2-29-22(28)18-8-4-6-10-20(18)26-17-11-16(12-24-14-17)21(27)25-13-15-7-3-5-9-19(15)23/h3-12,14,26H,2,13H2,1H3,(H,25,27). The van der Waals surface area contributed by atoms with E-state index >= 15 is 0 Å². The third-order valence-corrected chi connectivity index (χ3v) is 4.10. The van der Waals surface area contributed by atoms with Crippen LogP contribution >= 0.6 is 0 Å². The van der Waals surface area contributed by atoms with Gasteiger partial charge in [0.1, 0.15) is 5.82 Å². The predicted octanol–water partition coefficient (Wildman–Crippen LogP) is 4.07. The maximum Gasteiger partial charge on any atom is 0.340 e. The highest BCUT2D eigenvalue weighted by Crippen LogP contribution is 2.22. The number of nitrogens with zero attached hydrogens (tertiary/aromatic N) is 1. The normalized spacial score (nSPS) is 10.3. The van der Waals surface area contributed by atoms with Crippen molar-refractivity contribution in [1.82, 2.24) is 10.3 Å². The van der Waals surface area contributed by atoms with Crippen LogP contribution in [0.4, 0.5) is 15.8 Å². The average Bonchev–Trinajstić information content (AvgIpc) is 2.74. The number of ether oxygens (including phenoxy) is 1. The summed E-state index contributed by atoms with van der Waals surface area (Å²) in [4.78, 5) is 28.6. The number of carbonyl (C=O) groups excluding carboxylic acids is 2. The molecule has 1 aromatic heterocycles. The van der Waals surface area contributed by atoms with Crippen molar-refractivity contribution in [3.8, 4) is 0 Å². The van der Waals surface area contributed by atoms with Crippen LogP contribution in [0.15, 0.2) is 67.0 Å². The van der Waals surface area contributed by atoms with Gasteiger partial charge < -0.3 is 15.4 Å². The zero-order valence-electron chi connectivity index (χ0n) is 15.8. The first-order chi connectivity index (χ1) is 14.1. The van der Waals surface area contributed by atoms with Crippen LogP contribution in [0.3, 0.4) is 0 Å². The second-order valence-corrected chi connectivity index (χ2v) is 6.13. The third kappa shape index (κ3) is 5.16. The number of benzene rings is 2.